The van der Waals surface area contributed by atoms with Crippen molar-refractivity contribution in [2.45, 2.75) is 0 Å². The molecule has 0 atom stereocenters. The molecule has 0 spiro atoms. The van der Waals surface area contributed by atoms with E-state index in [4.69, 9.17) is 31.2 Å². The van der Waals surface area contributed by atoms with Gasteiger partial charge in [0.25, 0.3) is 5.91 Å². The van der Waals surface area contributed by atoms with Crippen molar-refractivity contribution in [3.8, 4) is 17.2 Å². The van der Waals surface area contributed by atoms with E-state index in [1.807, 2.05) is 48.5 Å². The fourth-order valence-electron chi connectivity index (χ4n) is 2.83. The van der Waals surface area contributed by atoms with Crippen molar-refractivity contribution in [3.05, 3.63) is 82.8 Å². The molecule has 9 heteroatoms. The molecule has 0 aliphatic heterocycles. The van der Waals surface area contributed by atoms with Crippen molar-refractivity contribution in [2.24, 2.45) is 0 Å². The average Bonchev–Trinajstić information content (AvgIpc) is 2.84. The summed E-state index contributed by atoms with van der Waals surface area (Å²) in [6.07, 6.45) is 0. The zero-order valence-corrected chi connectivity index (χ0v) is 21.0. The number of anilines is 1. The van der Waals surface area contributed by atoms with Crippen molar-refractivity contribution >= 4 is 44.9 Å². The smallest absolute Gasteiger partial charge is 0.257 e. The van der Waals surface area contributed by atoms with Gasteiger partial charge in [-0.2, -0.15) is 0 Å². The first-order valence-electron chi connectivity index (χ1n) is 10.5. The molecule has 0 fully saturated rings. The molecule has 7 nitrogen and oxygen atoms in total. The van der Waals surface area contributed by atoms with Gasteiger partial charge in [0, 0.05) is 24.4 Å². The zero-order chi connectivity index (χ0) is 24.2. The average molecular weight is 545 g/mol. The second kappa shape index (κ2) is 13.5. The minimum atomic E-state index is -0.341. The zero-order valence-electron chi connectivity index (χ0n) is 18.6. The number of nitrogens with one attached hydrogen (secondary N) is 2. The van der Waals surface area contributed by atoms with Gasteiger partial charge < -0.3 is 24.3 Å². The summed E-state index contributed by atoms with van der Waals surface area (Å²) in [5.74, 6) is 1.74. The van der Waals surface area contributed by atoms with Gasteiger partial charge in [-0.1, -0.05) is 24.3 Å². The molecule has 3 aromatic carbocycles. The first kappa shape index (κ1) is 25.5. The molecule has 0 aliphatic rings. The number of rotatable bonds is 11. The lowest BCUT2D eigenvalue weighted by Gasteiger charge is -2.13. The van der Waals surface area contributed by atoms with E-state index in [1.54, 1.807) is 31.4 Å². The molecule has 0 unspecified atom stereocenters. The highest BCUT2D eigenvalue weighted by Crippen LogP contribution is 2.26. The standard InChI is InChI=1S/C25H25BrN2O5S/c1-30-12-13-33-23-11-10-18(16-22(23)26)24(29)28-25(34)27-19-6-5-9-21(17-19)32-15-14-31-20-7-3-2-4-8-20/h2-11,16-17H,12-15H2,1H3,(H2,27,28,29,34). The highest BCUT2D eigenvalue weighted by molar-refractivity contribution is 9.10. The first-order valence-corrected chi connectivity index (χ1v) is 11.7. The second-order valence-electron chi connectivity index (χ2n) is 6.93. The van der Waals surface area contributed by atoms with Gasteiger partial charge in [0.1, 0.15) is 37.1 Å². The molecule has 0 aliphatic carbocycles. The van der Waals surface area contributed by atoms with E-state index >= 15 is 0 Å². The van der Waals surface area contributed by atoms with Crippen LogP contribution in [0.15, 0.2) is 77.3 Å². The van der Waals surface area contributed by atoms with Crippen LogP contribution in [0.2, 0.25) is 0 Å². The number of hydrogen-bond donors (Lipinski definition) is 2. The Hall–Kier alpha value is -3.14. The molecule has 0 radical (unpaired) electrons. The van der Waals surface area contributed by atoms with E-state index in [0.29, 0.717) is 53.7 Å². The van der Waals surface area contributed by atoms with Crippen LogP contribution in [0, 0.1) is 0 Å². The molecule has 3 rings (SSSR count). The monoisotopic (exact) mass is 544 g/mol. The Labute approximate surface area is 212 Å². The largest absolute Gasteiger partial charge is 0.490 e. The van der Waals surface area contributed by atoms with Gasteiger partial charge in [0.2, 0.25) is 0 Å². The van der Waals surface area contributed by atoms with Crippen LogP contribution in [0.3, 0.4) is 0 Å². The van der Waals surface area contributed by atoms with E-state index in [9.17, 15) is 4.79 Å². The summed E-state index contributed by atoms with van der Waals surface area (Å²) in [6.45, 7) is 1.70. The number of para-hydroxylation sites is 1. The van der Waals surface area contributed by atoms with Crippen molar-refractivity contribution in [2.75, 3.05) is 38.9 Å². The van der Waals surface area contributed by atoms with Crippen LogP contribution in [0.4, 0.5) is 5.69 Å². The number of hydrogen-bond acceptors (Lipinski definition) is 6. The Morgan fingerprint density at radius 3 is 2.29 bits per heavy atom. The second-order valence-corrected chi connectivity index (χ2v) is 8.20. The predicted octanol–water partition coefficient (Wildman–Crippen LogP) is 5.06. The van der Waals surface area contributed by atoms with E-state index < -0.39 is 0 Å². The Bertz CT molecular complexity index is 1100. The predicted molar refractivity (Wildman–Crippen MR) is 139 cm³/mol. The third-order valence-corrected chi connectivity index (χ3v) is 5.25. The summed E-state index contributed by atoms with van der Waals surface area (Å²) >= 11 is 8.71. The minimum absolute atomic E-state index is 0.172. The van der Waals surface area contributed by atoms with Crippen molar-refractivity contribution < 1.29 is 23.7 Å². The maximum Gasteiger partial charge on any atom is 0.257 e. The van der Waals surface area contributed by atoms with E-state index in [2.05, 4.69) is 26.6 Å². The summed E-state index contributed by atoms with van der Waals surface area (Å²) < 4.78 is 22.6. The molecular formula is C25H25BrN2O5S. The summed E-state index contributed by atoms with van der Waals surface area (Å²) in [6, 6.07) is 21.9. The maximum absolute atomic E-state index is 12.6. The Balaban J connectivity index is 1.46. The third-order valence-electron chi connectivity index (χ3n) is 4.42. The molecule has 3 aromatic rings. The van der Waals surface area contributed by atoms with Gasteiger partial charge in [-0.05, 0) is 70.6 Å². The summed E-state index contributed by atoms with van der Waals surface area (Å²) in [4.78, 5) is 12.6. The summed E-state index contributed by atoms with van der Waals surface area (Å²) in [5.41, 5.74) is 1.13. The van der Waals surface area contributed by atoms with Crippen LogP contribution in [0.1, 0.15) is 10.4 Å². The fraction of sp³-hybridized carbons (Fsp3) is 0.200. The number of methoxy groups -OCH3 is 1. The van der Waals surface area contributed by atoms with Crippen LogP contribution in [-0.2, 0) is 4.74 Å². The van der Waals surface area contributed by atoms with Crippen LogP contribution < -0.4 is 24.8 Å². The molecule has 178 valence electrons. The normalized spacial score (nSPS) is 10.3. The van der Waals surface area contributed by atoms with E-state index in [-0.39, 0.29) is 11.0 Å². The van der Waals surface area contributed by atoms with Crippen molar-refractivity contribution in [1.29, 1.82) is 0 Å². The maximum atomic E-state index is 12.6. The number of benzene rings is 3. The number of amides is 1. The Morgan fingerprint density at radius 1 is 0.853 bits per heavy atom. The van der Waals surface area contributed by atoms with Crippen LogP contribution in [0.5, 0.6) is 17.2 Å². The molecule has 0 saturated heterocycles. The molecule has 0 saturated carbocycles. The van der Waals surface area contributed by atoms with Gasteiger partial charge in [-0.15, -0.1) is 0 Å². The SMILES string of the molecule is COCCOc1ccc(C(=O)NC(=S)Nc2cccc(OCCOc3ccccc3)c2)cc1Br. The van der Waals surface area contributed by atoms with Crippen LogP contribution in [-0.4, -0.2) is 44.6 Å². The Kier molecular flexibility index (Phi) is 10.1. The molecule has 0 aromatic heterocycles. The molecule has 2 N–H and O–H groups in total. The third kappa shape index (κ3) is 8.33. The highest BCUT2D eigenvalue weighted by Gasteiger charge is 2.11. The van der Waals surface area contributed by atoms with Gasteiger partial charge in [-0.3, -0.25) is 10.1 Å². The van der Waals surface area contributed by atoms with Crippen LogP contribution in [0.25, 0.3) is 0 Å². The molecular weight excluding hydrogens is 520 g/mol. The lowest BCUT2D eigenvalue weighted by Crippen LogP contribution is -2.34. The summed E-state index contributed by atoms with van der Waals surface area (Å²) in [7, 11) is 1.61. The number of thiocarbonyl (C=S) groups is 1. The van der Waals surface area contributed by atoms with Gasteiger partial charge in [0.15, 0.2) is 5.11 Å². The van der Waals surface area contributed by atoms with Crippen molar-refractivity contribution in [3.63, 3.8) is 0 Å². The van der Waals surface area contributed by atoms with E-state index in [1.165, 1.54) is 0 Å². The number of ether oxygens (including phenoxy) is 4. The first-order chi connectivity index (χ1) is 16.5. The van der Waals surface area contributed by atoms with Gasteiger partial charge in [-0.25, -0.2) is 0 Å². The van der Waals surface area contributed by atoms with Gasteiger partial charge >= 0.3 is 0 Å². The lowest BCUT2D eigenvalue weighted by atomic mass is 10.2. The minimum Gasteiger partial charge on any atom is -0.490 e. The molecule has 0 heterocycles. The number of carbonyl (C=O) groups excluding carboxylic acids is 1. The number of carbonyl (C=O) groups is 1. The topological polar surface area (TPSA) is 78.1 Å². The van der Waals surface area contributed by atoms with Crippen molar-refractivity contribution in [1.82, 2.24) is 5.32 Å². The number of halogens is 1. The quantitative estimate of drug-likeness (QED) is 0.258. The molecule has 1 amide bonds. The highest BCUT2D eigenvalue weighted by atomic mass is 79.9. The van der Waals surface area contributed by atoms with Gasteiger partial charge in [0.05, 0.1) is 11.1 Å². The fourth-order valence-corrected chi connectivity index (χ4v) is 3.53. The van der Waals surface area contributed by atoms with E-state index in [0.717, 1.165) is 5.75 Å². The van der Waals surface area contributed by atoms with Crippen LogP contribution >= 0.6 is 28.1 Å². The lowest BCUT2D eigenvalue weighted by molar-refractivity contribution is 0.0977. The molecule has 0 bridgehead atoms. The summed E-state index contributed by atoms with van der Waals surface area (Å²) in [5, 5.41) is 5.84. The Morgan fingerprint density at radius 2 is 1.56 bits per heavy atom. The molecule has 34 heavy (non-hydrogen) atoms.